The topological polar surface area (TPSA) is 88.3 Å². The molecule has 0 aliphatic carbocycles. The minimum absolute atomic E-state index is 0.0611. The molecule has 0 saturated carbocycles. The van der Waals surface area contributed by atoms with Gasteiger partial charge in [-0.15, -0.1) is 5.10 Å². The summed E-state index contributed by atoms with van der Waals surface area (Å²) in [6, 6.07) is 7.86. The van der Waals surface area contributed by atoms with E-state index in [1.54, 1.807) is 7.05 Å². The minimum Gasteiger partial charge on any atom is -0.476 e. The second-order valence-electron chi connectivity index (χ2n) is 5.33. The Hall–Kier alpha value is -2.70. The van der Waals surface area contributed by atoms with E-state index in [0.29, 0.717) is 0 Å². The molecule has 1 heterocycles. The first-order valence-corrected chi connectivity index (χ1v) is 7.50. The van der Waals surface area contributed by atoms with E-state index >= 15 is 0 Å². The van der Waals surface area contributed by atoms with Gasteiger partial charge in [-0.05, 0) is 30.5 Å². The summed E-state index contributed by atoms with van der Waals surface area (Å²) in [4.78, 5) is 24.5. The van der Waals surface area contributed by atoms with Gasteiger partial charge >= 0.3 is 5.97 Å². The Morgan fingerprint density at radius 1 is 1.26 bits per heavy atom. The van der Waals surface area contributed by atoms with E-state index in [2.05, 4.69) is 17.2 Å². The highest BCUT2D eigenvalue weighted by molar-refractivity contribution is 5.92. The van der Waals surface area contributed by atoms with Crippen LogP contribution in [0.2, 0.25) is 0 Å². The van der Waals surface area contributed by atoms with Crippen LogP contribution in [0.4, 0.5) is 5.69 Å². The quantitative estimate of drug-likeness (QED) is 0.844. The Morgan fingerprint density at radius 2 is 1.96 bits per heavy atom. The SMILES string of the molecule is CCCCc1ccc(N(C)C(=O)Cn2cc(C(=O)O)nn2)cc1. The van der Waals surface area contributed by atoms with Crippen LogP contribution in [0.25, 0.3) is 0 Å². The predicted octanol–water partition coefficient (Wildman–Crippen LogP) is 1.98. The van der Waals surface area contributed by atoms with Gasteiger partial charge < -0.3 is 10.0 Å². The lowest BCUT2D eigenvalue weighted by Gasteiger charge is -2.17. The highest BCUT2D eigenvalue weighted by Crippen LogP contribution is 2.15. The number of carbonyl (C=O) groups excluding carboxylic acids is 1. The molecule has 0 fully saturated rings. The summed E-state index contributed by atoms with van der Waals surface area (Å²) in [5, 5.41) is 15.9. The zero-order chi connectivity index (χ0) is 16.8. The van der Waals surface area contributed by atoms with Crippen molar-refractivity contribution in [3.8, 4) is 0 Å². The summed E-state index contributed by atoms with van der Waals surface area (Å²) in [6.07, 6.45) is 4.57. The average molecular weight is 316 g/mol. The number of anilines is 1. The summed E-state index contributed by atoms with van der Waals surface area (Å²) in [5.74, 6) is -1.37. The lowest BCUT2D eigenvalue weighted by Crippen LogP contribution is -2.30. The number of carboxylic acids is 1. The molecular formula is C16H20N4O3. The molecule has 1 aromatic carbocycles. The summed E-state index contributed by atoms with van der Waals surface area (Å²) < 4.78 is 1.22. The first-order chi connectivity index (χ1) is 11.0. The number of unbranched alkanes of at least 4 members (excludes halogenated alkanes) is 1. The third-order valence-electron chi connectivity index (χ3n) is 3.57. The number of aryl methyl sites for hydroxylation is 1. The zero-order valence-electron chi connectivity index (χ0n) is 13.3. The molecule has 2 rings (SSSR count). The fourth-order valence-electron chi connectivity index (χ4n) is 2.13. The summed E-state index contributed by atoms with van der Waals surface area (Å²) in [6.45, 7) is 2.09. The number of aromatic carboxylic acids is 1. The summed E-state index contributed by atoms with van der Waals surface area (Å²) in [7, 11) is 1.68. The van der Waals surface area contributed by atoms with Crippen LogP contribution >= 0.6 is 0 Å². The monoisotopic (exact) mass is 316 g/mol. The average Bonchev–Trinajstić information content (AvgIpc) is 3.01. The van der Waals surface area contributed by atoms with Crippen molar-refractivity contribution < 1.29 is 14.7 Å². The number of rotatable bonds is 7. The molecule has 122 valence electrons. The number of aromatic nitrogens is 3. The zero-order valence-corrected chi connectivity index (χ0v) is 13.3. The predicted molar refractivity (Wildman–Crippen MR) is 85.4 cm³/mol. The highest BCUT2D eigenvalue weighted by Gasteiger charge is 2.14. The Bertz CT molecular complexity index is 679. The van der Waals surface area contributed by atoms with Crippen LogP contribution < -0.4 is 4.90 Å². The van der Waals surface area contributed by atoms with Gasteiger partial charge in [0.25, 0.3) is 0 Å². The van der Waals surface area contributed by atoms with Crippen molar-refractivity contribution in [2.24, 2.45) is 0 Å². The van der Waals surface area contributed by atoms with E-state index in [-0.39, 0.29) is 18.1 Å². The normalized spacial score (nSPS) is 10.5. The van der Waals surface area contributed by atoms with Gasteiger partial charge in [-0.1, -0.05) is 30.7 Å². The Balaban J connectivity index is 1.99. The molecule has 7 nitrogen and oxygen atoms in total. The van der Waals surface area contributed by atoms with Gasteiger partial charge in [-0.2, -0.15) is 0 Å². The van der Waals surface area contributed by atoms with Crippen molar-refractivity contribution in [3.63, 3.8) is 0 Å². The molecule has 0 bridgehead atoms. The van der Waals surface area contributed by atoms with Crippen LogP contribution in [0.5, 0.6) is 0 Å². The van der Waals surface area contributed by atoms with Gasteiger partial charge in [-0.25, -0.2) is 9.48 Å². The second kappa shape index (κ2) is 7.53. The minimum atomic E-state index is -1.17. The summed E-state index contributed by atoms with van der Waals surface area (Å²) in [5.41, 5.74) is 1.85. The van der Waals surface area contributed by atoms with Gasteiger partial charge in [0.05, 0.1) is 6.20 Å². The Labute approximate surface area is 134 Å². The molecule has 0 aliphatic rings. The first-order valence-electron chi connectivity index (χ1n) is 7.50. The summed E-state index contributed by atoms with van der Waals surface area (Å²) >= 11 is 0. The van der Waals surface area contributed by atoms with Crippen LogP contribution in [0.3, 0.4) is 0 Å². The molecule has 2 aromatic rings. The van der Waals surface area contributed by atoms with Crippen LogP contribution in [0.15, 0.2) is 30.5 Å². The number of amides is 1. The molecular weight excluding hydrogens is 296 g/mol. The number of nitrogens with zero attached hydrogens (tertiary/aromatic N) is 4. The number of benzene rings is 1. The second-order valence-corrected chi connectivity index (χ2v) is 5.33. The molecule has 1 aromatic heterocycles. The standard InChI is InChI=1S/C16H20N4O3/c1-3-4-5-12-6-8-13(9-7-12)19(2)15(21)11-20-10-14(16(22)23)17-18-20/h6-10H,3-5,11H2,1-2H3,(H,22,23). The van der Waals surface area contributed by atoms with E-state index in [9.17, 15) is 9.59 Å². The van der Waals surface area contributed by atoms with Crippen molar-refractivity contribution >= 4 is 17.6 Å². The fourth-order valence-corrected chi connectivity index (χ4v) is 2.13. The van der Waals surface area contributed by atoms with Crippen LogP contribution in [-0.4, -0.2) is 39.0 Å². The van der Waals surface area contributed by atoms with Crippen molar-refractivity contribution in [2.75, 3.05) is 11.9 Å². The molecule has 23 heavy (non-hydrogen) atoms. The van der Waals surface area contributed by atoms with Gasteiger partial charge in [-0.3, -0.25) is 4.79 Å². The molecule has 0 saturated heterocycles. The van der Waals surface area contributed by atoms with Crippen molar-refractivity contribution in [2.45, 2.75) is 32.7 Å². The number of likely N-dealkylation sites (N-methyl/N-ethyl adjacent to an activating group) is 1. The molecule has 1 amide bonds. The van der Waals surface area contributed by atoms with Crippen molar-refractivity contribution in [3.05, 3.63) is 41.7 Å². The van der Waals surface area contributed by atoms with Crippen molar-refractivity contribution in [1.82, 2.24) is 15.0 Å². The largest absolute Gasteiger partial charge is 0.476 e. The van der Waals surface area contributed by atoms with E-state index < -0.39 is 5.97 Å². The Kier molecular flexibility index (Phi) is 5.46. The molecule has 7 heteroatoms. The van der Waals surface area contributed by atoms with E-state index in [0.717, 1.165) is 24.9 Å². The molecule has 0 unspecified atom stereocenters. The van der Waals surface area contributed by atoms with Crippen molar-refractivity contribution in [1.29, 1.82) is 0 Å². The first kappa shape index (κ1) is 16.7. The van der Waals surface area contributed by atoms with E-state index in [1.807, 2.05) is 24.3 Å². The van der Waals surface area contributed by atoms with Gasteiger partial charge in [0.2, 0.25) is 5.91 Å². The Morgan fingerprint density at radius 3 is 2.52 bits per heavy atom. The number of hydrogen-bond acceptors (Lipinski definition) is 4. The molecule has 0 atom stereocenters. The highest BCUT2D eigenvalue weighted by atomic mass is 16.4. The third-order valence-corrected chi connectivity index (χ3v) is 3.57. The lowest BCUT2D eigenvalue weighted by atomic mass is 10.1. The number of carbonyl (C=O) groups is 2. The van der Waals surface area contributed by atoms with Gasteiger partial charge in [0.15, 0.2) is 5.69 Å². The fraction of sp³-hybridized carbons (Fsp3) is 0.375. The maximum absolute atomic E-state index is 12.2. The molecule has 0 spiro atoms. The van der Waals surface area contributed by atoms with Gasteiger partial charge in [0, 0.05) is 12.7 Å². The molecule has 1 N–H and O–H groups in total. The lowest BCUT2D eigenvalue weighted by molar-refractivity contribution is -0.119. The van der Waals surface area contributed by atoms with Crippen LogP contribution in [-0.2, 0) is 17.8 Å². The number of carboxylic acid groups (broad SMARTS) is 1. The third kappa shape index (κ3) is 4.38. The van der Waals surface area contributed by atoms with Gasteiger partial charge in [0.1, 0.15) is 6.54 Å². The van der Waals surface area contributed by atoms with E-state index in [4.69, 9.17) is 5.11 Å². The maximum Gasteiger partial charge on any atom is 0.358 e. The molecule has 0 aliphatic heterocycles. The van der Waals surface area contributed by atoms with Crippen LogP contribution in [0, 0.1) is 0 Å². The van der Waals surface area contributed by atoms with Crippen LogP contribution in [0.1, 0.15) is 35.8 Å². The molecule has 0 radical (unpaired) electrons. The van der Waals surface area contributed by atoms with E-state index in [1.165, 1.54) is 21.3 Å². The maximum atomic E-state index is 12.2. The smallest absolute Gasteiger partial charge is 0.358 e. The number of hydrogen-bond donors (Lipinski definition) is 1.